The maximum Gasteiger partial charge on any atom is 0.165 e. The molecule has 5 heteroatoms. The van der Waals surface area contributed by atoms with Crippen LogP contribution >= 0.6 is 0 Å². The summed E-state index contributed by atoms with van der Waals surface area (Å²) in [6, 6.07) is 6.53. The lowest BCUT2D eigenvalue weighted by Crippen LogP contribution is -2.02. The molecule has 2 rings (SSSR count). The maximum atomic E-state index is 13.5. The highest BCUT2D eigenvalue weighted by Crippen LogP contribution is 2.26. The first-order chi connectivity index (χ1) is 9.55. The molecule has 1 N–H and O–H groups in total. The number of benzene rings is 1. The molecule has 0 bridgehead atoms. The van der Waals surface area contributed by atoms with Crippen molar-refractivity contribution in [2.24, 2.45) is 0 Å². The van der Waals surface area contributed by atoms with Gasteiger partial charge in [-0.2, -0.15) is 0 Å². The highest BCUT2D eigenvalue weighted by Gasteiger charge is 2.11. The number of nitrogens with one attached hydrogen (secondary N) is 1. The second-order valence-corrected chi connectivity index (χ2v) is 4.76. The zero-order valence-corrected chi connectivity index (χ0v) is 12.1. The molecular weight excluding hydrogens is 257 g/mol. The van der Waals surface area contributed by atoms with Gasteiger partial charge >= 0.3 is 0 Å². The van der Waals surface area contributed by atoms with E-state index in [2.05, 4.69) is 29.1 Å². The van der Waals surface area contributed by atoms with Gasteiger partial charge in [-0.15, -0.1) is 0 Å². The molecule has 0 aliphatic rings. The van der Waals surface area contributed by atoms with Crippen LogP contribution in [0.15, 0.2) is 24.3 Å². The number of hydrogen-bond donors (Lipinski definition) is 1. The minimum Gasteiger partial charge on any atom is -0.494 e. The van der Waals surface area contributed by atoms with Crippen molar-refractivity contribution in [3.05, 3.63) is 35.8 Å². The quantitative estimate of drug-likeness (QED) is 0.928. The Bertz CT molecular complexity index is 614. The first-order valence-electron chi connectivity index (χ1n) is 6.45. The van der Waals surface area contributed by atoms with Gasteiger partial charge in [-0.05, 0) is 24.1 Å². The molecule has 0 atom stereocenters. The molecule has 2 aromatic rings. The molecule has 0 amide bonds. The number of hydrogen-bond acceptors (Lipinski definition) is 4. The summed E-state index contributed by atoms with van der Waals surface area (Å²) in [6.07, 6.45) is 0. The van der Waals surface area contributed by atoms with Gasteiger partial charge in [-0.3, -0.25) is 0 Å². The van der Waals surface area contributed by atoms with E-state index in [0.29, 0.717) is 5.82 Å². The van der Waals surface area contributed by atoms with Crippen molar-refractivity contribution in [3.8, 4) is 17.1 Å². The molecule has 1 aromatic heterocycles. The minimum absolute atomic E-state index is 0.187. The molecule has 0 fully saturated rings. The summed E-state index contributed by atoms with van der Waals surface area (Å²) in [5, 5.41) is 3.02. The number of aromatic nitrogens is 2. The van der Waals surface area contributed by atoms with Crippen LogP contribution in [0.5, 0.6) is 5.75 Å². The standard InChI is InChI=1S/C15H18FN3O/c1-9(2)12-8-14(17-3)19-15(18-12)10-5-6-11(16)13(7-10)20-4/h5-9H,1-4H3,(H,17,18,19). The fraction of sp³-hybridized carbons (Fsp3) is 0.333. The Morgan fingerprint density at radius 3 is 2.55 bits per heavy atom. The van der Waals surface area contributed by atoms with Gasteiger partial charge in [0, 0.05) is 24.4 Å². The van der Waals surface area contributed by atoms with Crippen molar-refractivity contribution in [1.29, 1.82) is 0 Å². The smallest absolute Gasteiger partial charge is 0.165 e. The molecule has 0 radical (unpaired) electrons. The fourth-order valence-corrected chi connectivity index (χ4v) is 1.82. The molecule has 0 aliphatic carbocycles. The van der Waals surface area contributed by atoms with Gasteiger partial charge in [0.25, 0.3) is 0 Å². The van der Waals surface area contributed by atoms with Crippen LogP contribution in [-0.2, 0) is 0 Å². The summed E-state index contributed by atoms with van der Waals surface area (Å²) in [4.78, 5) is 8.94. The van der Waals surface area contributed by atoms with Gasteiger partial charge in [0.15, 0.2) is 17.4 Å². The van der Waals surface area contributed by atoms with Crippen LogP contribution < -0.4 is 10.1 Å². The van der Waals surface area contributed by atoms with Crippen LogP contribution in [0, 0.1) is 5.82 Å². The van der Waals surface area contributed by atoms with E-state index in [-0.39, 0.29) is 11.7 Å². The van der Waals surface area contributed by atoms with Crippen molar-refractivity contribution < 1.29 is 9.13 Å². The lowest BCUT2D eigenvalue weighted by molar-refractivity contribution is 0.386. The zero-order valence-electron chi connectivity index (χ0n) is 12.1. The number of methoxy groups -OCH3 is 1. The van der Waals surface area contributed by atoms with Gasteiger partial charge in [-0.25, -0.2) is 14.4 Å². The third kappa shape index (κ3) is 2.87. The van der Waals surface area contributed by atoms with Crippen LogP contribution in [0.1, 0.15) is 25.5 Å². The molecule has 0 spiro atoms. The lowest BCUT2D eigenvalue weighted by atomic mass is 10.1. The van der Waals surface area contributed by atoms with Gasteiger partial charge in [0.05, 0.1) is 7.11 Å². The summed E-state index contributed by atoms with van der Waals surface area (Å²) in [6.45, 7) is 4.13. The summed E-state index contributed by atoms with van der Waals surface area (Å²) in [5.41, 5.74) is 1.66. The van der Waals surface area contributed by atoms with Crippen LogP contribution in [0.2, 0.25) is 0 Å². The van der Waals surface area contributed by atoms with Crippen molar-refractivity contribution >= 4 is 5.82 Å². The Morgan fingerprint density at radius 1 is 1.20 bits per heavy atom. The second-order valence-electron chi connectivity index (χ2n) is 4.76. The van der Waals surface area contributed by atoms with E-state index in [0.717, 1.165) is 17.1 Å². The van der Waals surface area contributed by atoms with Gasteiger partial charge < -0.3 is 10.1 Å². The Morgan fingerprint density at radius 2 is 1.95 bits per heavy atom. The molecule has 0 saturated heterocycles. The van der Waals surface area contributed by atoms with Crippen molar-refractivity contribution in [2.45, 2.75) is 19.8 Å². The maximum absolute atomic E-state index is 13.5. The van der Waals surface area contributed by atoms with Crippen LogP contribution in [0.3, 0.4) is 0 Å². The highest BCUT2D eigenvalue weighted by molar-refractivity contribution is 5.60. The van der Waals surface area contributed by atoms with E-state index in [1.165, 1.54) is 13.2 Å². The predicted octanol–water partition coefficient (Wildman–Crippen LogP) is 3.46. The zero-order chi connectivity index (χ0) is 14.7. The first kappa shape index (κ1) is 14.2. The molecule has 0 aliphatic heterocycles. The predicted molar refractivity (Wildman–Crippen MR) is 77.6 cm³/mol. The Labute approximate surface area is 118 Å². The van der Waals surface area contributed by atoms with Crippen molar-refractivity contribution in [2.75, 3.05) is 19.5 Å². The Kier molecular flexibility index (Phi) is 4.17. The molecule has 1 heterocycles. The largest absolute Gasteiger partial charge is 0.494 e. The SMILES string of the molecule is CNc1cc(C(C)C)nc(-c2ccc(F)c(OC)c2)n1. The third-order valence-corrected chi connectivity index (χ3v) is 3.00. The summed E-state index contributed by atoms with van der Waals surface area (Å²) in [5.74, 6) is 1.36. The molecule has 4 nitrogen and oxygen atoms in total. The Hall–Kier alpha value is -2.17. The van der Waals surface area contributed by atoms with Gasteiger partial charge in [0.2, 0.25) is 0 Å². The van der Waals surface area contributed by atoms with Gasteiger partial charge in [-0.1, -0.05) is 13.8 Å². The normalized spacial score (nSPS) is 10.7. The first-order valence-corrected chi connectivity index (χ1v) is 6.45. The molecule has 20 heavy (non-hydrogen) atoms. The van der Waals surface area contributed by atoms with Gasteiger partial charge in [0.1, 0.15) is 5.82 Å². The number of ether oxygens (including phenoxy) is 1. The number of halogens is 1. The van der Waals surface area contributed by atoms with E-state index in [4.69, 9.17) is 4.74 Å². The fourth-order valence-electron chi connectivity index (χ4n) is 1.82. The lowest BCUT2D eigenvalue weighted by Gasteiger charge is -2.11. The summed E-state index contributed by atoms with van der Waals surface area (Å²) in [7, 11) is 3.24. The monoisotopic (exact) mass is 275 g/mol. The number of rotatable bonds is 4. The summed E-state index contributed by atoms with van der Waals surface area (Å²) < 4.78 is 18.5. The molecule has 0 saturated carbocycles. The average Bonchev–Trinajstić information content (AvgIpc) is 2.47. The van der Waals surface area contributed by atoms with Crippen LogP contribution in [0.25, 0.3) is 11.4 Å². The van der Waals surface area contributed by atoms with Crippen LogP contribution in [0.4, 0.5) is 10.2 Å². The molecule has 1 aromatic carbocycles. The van der Waals surface area contributed by atoms with Crippen molar-refractivity contribution in [3.63, 3.8) is 0 Å². The highest BCUT2D eigenvalue weighted by atomic mass is 19.1. The third-order valence-electron chi connectivity index (χ3n) is 3.00. The van der Waals surface area contributed by atoms with Crippen LogP contribution in [-0.4, -0.2) is 24.1 Å². The van der Waals surface area contributed by atoms with E-state index in [1.807, 2.05) is 13.1 Å². The topological polar surface area (TPSA) is 47.0 Å². The van der Waals surface area contributed by atoms with E-state index in [9.17, 15) is 4.39 Å². The molecule has 0 unspecified atom stereocenters. The summed E-state index contributed by atoms with van der Waals surface area (Å²) >= 11 is 0. The molecular formula is C15H18FN3O. The van der Waals surface area contributed by atoms with E-state index < -0.39 is 5.82 Å². The van der Waals surface area contributed by atoms with Crippen molar-refractivity contribution in [1.82, 2.24) is 9.97 Å². The minimum atomic E-state index is -0.398. The second kappa shape index (κ2) is 5.86. The number of nitrogens with zero attached hydrogens (tertiary/aromatic N) is 2. The molecule has 106 valence electrons. The Balaban J connectivity index is 2.53. The number of anilines is 1. The van der Waals surface area contributed by atoms with E-state index in [1.54, 1.807) is 12.1 Å². The average molecular weight is 275 g/mol. The van der Waals surface area contributed by atoms with E-state index >= 15 is 0 Å².